The molecule has 0 aromatic heterocycles. The van der Waals surface area contributed by atoms with E-state index >= 15 is 0 Å². The second-order valence-corrected chi connectivity index (χ2v) is 8.16. The first kappa shape index (κ1) is 27.4. The third-order valence-electron chi connectivity index (χ3n) is 5.40. The monoisotopic (exact) mass is 399 g/mol. The predicted molar refractivity (Wildman–Crippen MR) is 120 cm³/mol. The van der Waals surface area contributed by atoms with Gasteiger partial charge >= 0.3 is 5.97 Å². The van der Waals surface area contributed by atoms with Crippen LogP contribution in [0.3, 0.4) is 0 Å². The molecule has 0 spiro atoms. The fourth-order valence-electron chi connectivity index (χ4n) is 3.50. The van der Waals surface area contributed by atoms with Crippen molar-refractivity contribution in [1.29, 1.82) is 0 Å². The van der Waals surface area contributed by atoms with Gasteiger partial charge in [-0.25, -0.2) is 0 Å². The van der Waals surface area contributed by atoms with Crippen LogP contribution in [0.1, 0.15) is 117 Å². The first-order valence-electron chi connectivity index (χ1n) is 12.2. The van der Waals surface area contributed by atoms with E-state index < -0.39 is 0 Å². The van der Waals surface area contributed by atoms with Crippen molar-refractivity contribution in [1.82, 2.24) is 5.32 Å². The summed E-state index contributed by atoms with van der Waals surface area (Å²) in [6, 6.07) is 0. The van der Waals surface area contributed by atoms with Crippen molar-refractivity contribution in [3.8, 4) is 0 Å². The maximum atomic E-state index is 12.5. The van der Waals surface area contributed by atoms with Crippen molar-refractivity contribution in [2.45, 2.75) is 117 Å². The highest BCUT2D eigenvalue weighted by molar-refractivity contribution is 5.72. The van der Waals surface area contributed by atoms with Crippen molar-refractivity contribution in [3.05, 3.63) is 0 Å². The molecule has 1 unspecified atom stereocenters. The highest BCUT2D eigenvalue weighted by atomic mass is 16.5. The van der Waals surface area contributed by atoms with Crippen LogP contribution in [-0.4, -0.2) is 37.4 Å². The van der Waals surface area contributed by atoms with Gasteiger partial charge in [0.15, 0.2) is 0 Å². The summed E-state index contributed by atoms with van der Waals surface area (Å²) in [6.45, 7) is 7.22. The molecule has 0 amide bonds. The summed E-state index contributed by atoms with van der Waals surface area (Å²) in [5.41, 5.74) is 0. The van der Waals surface area contributed by atoms with Crippen molar-refractivity contribution in [2.75, 3.05) is 26.3 Å². The molecule has 0 aliphatic rings. The third kappa shape index (κ3) is 18.7. The molecule has 0 aliphatic heterocycles. The van der Waals surface area contributed by atoms with E-state index in [0.717, 1.165) is 64.5 Å². The summed E-state index contributed by atoms with van der Waals surface area (Å²) in [7, 11) is 0. The average Bonchev–Trinajstić information content (AvgIpc) is 2.70. The highest BCUT2D eigenvalue weighted by Gasteiger charge is 2.19. The van der Waals surface area contributed by atoms with E-state index in [1.807, 2.05) is 0 Å². The van der Waals surface area contributed by atoms with Crippen LogP contribution >= 0.6 is 0 Å². The molecule has 0 aromatic carbocycles. The van der Waals surface area contributed by atoms with Crippen LogP contribution in [0.5, 0.6) is 0 Å². The third-order valence-corrected chi connectivity index (χ3v) is 5.40. The fraction of sp³-hybridized carbons (Fsp3) is 0.958. The first-order chi connectivity index (χ1) is 13.8. The molecule has 0 saturated carbocycles. The second-order valence-electron chi connectivity index (χ2n) is 8.16. The Morgan fingerprint density at radius 3 is 1.89 bits per heavy atom. The summed E-state index contributed by atoms with van der Waals surface area (Å²) in [6.07, 6.45) is 18.4. The quantitative estimate of drug-likeness (QED) is 0.173. The van der Waals surface area contributed by atoms with Gasteiger partial charge in [0.1, 0.15) is 0 Å². The summed E-state index contributed by atoms with van der Waals surface area (Å²) < 4.78 is 5.60. The van der Waals surface area contributed by atoms with E-state index in [4.69, 9.17) is 9.84 Å². The minimum Gasteiger partial charge on any atom is -0.465 e. The number of ether oxygens (including phenoxy) is 1. The van der Waals surface area contributed by atoms with Crippen LogP contribution in [0.25, 0.3) is 0 Å². The number of unbranched alkanes of at least 4 members (excludes halogenated alkanes) is 10. The lowest BCUT2D eigenvalue weighted by Gasteiger charge is -2.16. The van der Waals surface area contributed by atoms with E-state index in [1.165, 1.54) is 51.4 Å². The van der Waals surface area contributed by atoms with Crippen molar-refractivity contribution < 1.29 is 14.6 Å². The standard InChI is InChI=1S/C24H49NO3/c1-3-5-7-9-10-12-18-23(17-11-8-6-4-2)24(27)28-22-16-14-20-25-19-13-15-21-26/h23,25-26H,3-22H2,1-2H3. The van der Waals surface area contributed by atoms with E-state index in [1.54, 1.807) is 0 Å². The molecule has 28 heavy (non-hydrogen) atoms. The zero-order valence-electron chi connectivity index (χ0n) is 19.0. The zero-order valence-corrected chi connectivity index (χ0v) is 19.0. The molecule has 0 aliphatic carbocycles. The Kier molecular flexibility index (Phi) is 22.2. The van der Waals surface area contributed by atoms with Gasteiger partial charge in [0.25, 0.3) is 0 Å². The number of aliphatic hydroxyl groups excluding tert-OH is 1. The highest BCUT2D eigenvalue weighted by Crippen LogP contribution is 2.20. The number of carbonyl (C=O) groups excluding carboxylic acids is 1. The molecule has 1 atom stereocenters. The van der Waals surface area contributed by atoms with Crippen LogP contribution < -0.4 is 5.32 Å². The summed E-state index contributed by atoms with van der Waals surface area (Å²) in [4.78, 5) is 12.5. The van der Waals surface area contributed by atoms with Crippen molar-refractivity contribution in [2.24, 2.45) is 5.92 Å². The average molecular weight is 400 g/mol. The van der Waals surface area contributed by atoms with Gasteiger partial charge < -0.3 is 15.2 Å². The molecule has 0 fully saturated rings. The van der Waals surface area contributed by atoms with Crippen LogP contribution in [-0.2, 0) is 9.53 Å². The minimum atomic E-state index is 0.0426. The number of esters is 1. The minimum absolute atomic E-state index is 0.0426. The molecule has 0 rings (SSSR count). The SMILES string of the molecule is CCCCCCCCC(CCCCCC)C(=O)OCCCCNCCCCO. The number of rotatable bonds is 22. The van der Waals surface area contributed by atoms with Crippen LogP contribution in [0.4, 0.5) is 0 Å². The van der Waals surface area contributed by atoms with Crippen LogP contribution in [0, 0.1) is 5.92 Å². The number of hydrogen-bond acceptors (Lipinski definition) is 4. The summed E-state index contributed by atoms with van der Waals surface area (Å²) in [5.74, 6) is 0.153. The Bertz CT molecular complexity index is 323. The summed E-state index contributed by atoms with van der Waals surface area (Å²) >= 11 is 0. The van der Waals surface area contributed by atoms with E-state index in [9.17, 15) is 4.79 Å². The molecule has 0 aromatic rings. The lowest BCUT2D eigenvalue weighted by Crippen LogP contribution is -2.20. The molecule has 4 nitrogen and oxygen atoms in total. The molecular formula is C24H49NO3. The Labute approximate surface area is 175 Å². The van der Waals surface area contributed by atoms with Gasteiger partial charge in [-0.2, -0.15) is 0 Å². The Morgan fingerprint density at radius 2 is 1.29 bits per heavy atom. The molecule has 168 valence electrons. The molecule has 2 N–H and O–H groups in total. The maximum Gasteiger partial charge on any atom is 0.308 e. The molecule has 0 heterocycles. The topological polar surface area (TPSA) is 58.6 Å². The number of carbonyl (C=O) groups is 1. The van der Waals surface area contributed by atoms with Gasteiger partial charge in [-0.05, 0) is 51.6 Å². The zero-order chi connectivity index (χ0) is 20.7. The normalized spacial score (nSPS) is 12.2. The van der Waals surface area contributed by atoms with Gasteiger partial charge in [-0.15, -0.1) is 0 Å². The number of aliphatic hydroxyl groups is 1. The maximum absolute atomic E-state index is 12.5. The Morgan fingerprint density at radius 1 is 0.750 bits per heavy atom. The van der Waals surface area contributed by atoms with E-state index in [-0.39, 0.29) is 18.5 Å². The molecule has 4 heteroatoms. The van der Waals surface area contributed by atoms with Crippen LogP contribution in [0.15, 0.2) is 0 Å². The van der Waals surface area contributed by atoms with Gasteiger partial charge in [0.2, 0.25) is 0 Å². The summed E-state index contributed by atoms with van der Waals surface area (Å²) in [5, 5.41) is 12.1. The van der Waals surface area contributed by atoms with Gasteiger partial charge in [0.05, 0.1) is 12.5 Å². The molecular weight excluding hydrogens is 350 g/mol. The predicted octanol–water partition coefficient (Wildman–Crippen LogP) is 6.01. The van der Waals surface area contributed by atoms with Gasteiger partial charge in [-0.3, -0.25) is 4.79 Å². The van der Waals surface area contributed by atoms with E-state index in [2.05, 4.69) is 19.2 Å². The van der Waals surface area contributed by atoms with Gasteiger partial charge in [-0.1, -0.05) is 78.1 Å². The number of hydrogen-bond donors (Lipinski definition) is 2. The molecule has 0 bridgehead atoms. The first-order valence-corrected chi connectivity index (χ1v) is 12.2. The molecule has 0 saturated heterocycles. The number of nitrogens with one attached hydrogen (secondary N) is 1. The van der Waals surface area contributed by atoms with Crippen LogP contribution in [0.2, 0.25) is 0 Å². The van der Waals surface area contributed by atoms with E-state index in [0.29, 0.717) is 6.61 Å². The molecule has 0 radical (unpaired) electrons. The fourth-order valence-corrected chi connectivity index (χ4v) is 3.50. The Balaban J connectivity index is 3.90. The lowest BCUT2D eigenvalue weighted by atomic mass is 9.94. The Hall–Kier alpha value is -0.610. The smallest absolute Gasteiger partial charge is 0.308 e. The lowest BCUT2D eigenvalue weighted by molar-refractivity contribution is -0.149. The van der Waals surface area contributed by atoms with Crippen molar-refractivity contribution >= 4 is 5.97 Å². The van der Waals surface area contributed by atoms with Crippen molar-refractivity contribution in [3.63, 3.8) is 0 Å². The second kappa shape index (κ2) is 22.7. The van der Waals surface area contributed by atoms with Gasteiger partial charge in [0, 0.05) is 6.61 Å². The largest absolute Gasteiger partial charge is 0.465 e.